The molecule has 3 aliphatic rings. The van der Waals surface area contributed by atoms with Gasteiger partial charge in [-0.3, -0.25) is 19.4 Å². The first-order valence-electron chi connectivity index (χ1n) is 16.0. The number of benzene rings is 3. The van der Waals surface area contributed by atoms with E-state index in [-0.39, 0.29) is 43.1 Å². The van der Waals surface area contributed by atoms with Crippen LogP contribution in [-0.4, -0.2) is 62.3 Å². The van der Waals surface area contributed by atoms with E-state index >= 15 is 0 Å². The second-order valence-corrected chi connectivity index (χ2v) is 13.6. The van der Waals surface area contributed by atoms with Crippen molar-refractivity contribution in [3.8, 4) is 10.4 Å². The predicted molar refractivity (Wildman–Crippen MR) is 178 cm³/mol. The van der Waals surface area contributed by atoms with Crippen LogP contribution in [0.4, 0.5) is 11.4 Å². The van der Waals surface area contributed by atoms with E-state index in [2.05, 4.69) is 21.5 Å². The lowest BCUT2D eigenvalue weighted by Crippen LogP contribution is -2.55. The van der Waals surface area contributed by atoms with Gasteiger partial charge in [0, 0.05) is 37.8 Å². The van der Waals surface area contributed by atoms with Crippen LogP contribution in [-0.2, 0) is 35.5 Å². The van der Waals surface area contributed by atoms with Crippen molar-refractivity contribution in [3.05, 3.63) is 100 Å². The quantitative estimate of drug-likeness (QED) is 0.270. The Morgan fingerprint density at radius 3 is 2.55 bits per heavy atom. The fraction of sp³-hybridized carbons (Fsp3) is 0.333. The van der Waals surface area contributed by atoms with E-state index in [4.69, 9.17) is 5.11 Å². The van der Waals surface area contributed by atoms with E-state index < -0.39 is 18.2 Å². The highest BCUT2D eigenvalue weighted by atomic mass is 32.1. The number of carbonyl (C=O) groups is 3. The van der Waals surface area contributed by atoms with Gasteiger partial charge in [0.1, 0.15) is 12.1 Å². The number of aliphatic hydroxyl groups excluding tert-OH is 1. The van der Waals surface area contributed by atoms with Crippen molar-refractivity contribution in [1.29, 1.82) is 0 Å². The molecule has 0 saturated carbocycles. The number of fused-ring (bicyclic) bond motifs is 3. The molecule has 3 amide bonds. The number of azo groups is 1. The maximum atomic E-state index is 14.1. The molecule has 3 atom stereocenters. The summed E-state index contributed by atoms with van der Waals surface area (Å²) in [5, 5.41) is 23.0. The van der Waals surface area contributed by atoms with Crippen molar-refractivity contribution in [1.82, 2.24) is 20.1 Å². The highest BCUT2D eigenvalue weighted by molar-refractivity contribution is 7.13. The van der Waals surface area contributed by atoms with E-state index in [0.717, 1.165) is 56.9 Å². The molecule has 3 aromatic carbocycles. The number of nitrogens with zero attached hydrogens (tertiary/aromatic N) is 5. The fourth-order valence-corrected chi connectivity index (χ4v) is 7.70. The Morgan fingerprint density at radius 2 is 1.79 bits per heavy atom. The van der Waals surface area contributed by atoms with Crippen molar-refractivity contribution in [3.63, 3.8) is 0 Å². The Kier molecular flexibility index (Phi) is 8.42. The first-order valence-corrected chi connectivity index (χ1v) is 16.9. The van der Waals surface area contributed by atoms with Crippen LogP contribution in [0.25, 0.3) is 10.4 Å². The number of aliphatic hydroxyl groups is 1. The molecule has 0 aliphatic carbocycles. The van der Waals surface area contributed by atoms with Crippen molar-refractivity contribution < 1.29 is 19.5 Å². The van der Waals surface area contributed by atoms with Crippen LogP contribution in [0, 0.1) is 5.92 Å². The number of carbonyl (C=O) groups excluding carboxylic acids is 3. The molecule has 0 spiro atoms. The minimum absolute atomic E-state index is 0.0294. The van der Waals surface area contributed by atoms with Gasteiger partial charge in [0.25, 0.3) is 5.91 Å². The standard InChI is InChI=1S/C36H36N6O4S/c1-21(2)33(42-18-24-8-3-5-9-26(24)35(42)45)36(46)41-19-25(43)15-30(41)34(44)38-16-23-12-13-27(31-17-37-20-47-31)28-14-11-22-7-4-6-10-29(22)39-40-32(23)28/h3-10,12-13,17,20-21,25,30,33,43H,11,14-16,18-19H2,1-2H3,(H,38,44)/t25?,30-,33-/m0/s1. The van der Waals surface area contributed by atoms with Crippen molar-refractivity contribution in [2.75, 3.05) is 6.54 Å². The molecule has 3 aliphatic heterocycles. The number of aromatic nitrogens is 1. The molecule has 4 heterocycles. The molecule has 47 heavy (non-hydrogen) atoms. The zero-order chi connectivity index (χ0) is 32.7. The van der Waals surface area contributed by atoms with Gasteiger partial charge in [-0.15, -0.1) is 16.5 Å². The van der Waals surface area contributed by atoms with E-state index in [1.165, 1.54) is 4.90 Å². The molecular weight excluding hydrogens is 613 g/mol. The van der Waals surface area contributed by atoms with E-state index in [1.54, 1.807) is 27.8 Å². The van der Waals surface area contributed by atoms with E-state index in [1.807, 2.05) is 68.6 Å². The second-order valence-electron chi connectivity index (χ2n) is 12.7. The number of likely N-dealkylation sites (tertiary alicyclic amines) is 1. The summed E-state index contributed by atoms with van der Waals surface area (Å²) in [6.45, 7) is 4.33. The largest absolute Gasteiger partial charge is 0.391 e. The molecule has 1 aromatic heterocycles. The fourth-order valence-electron chi connectivity index (χ4n) is 7.02. The van der Waals surface area contributed by atoms with Gasteiger partial charge in [0.05, 0.1) is 27.9 Å². The molecule has 7 rings (SSSR count). The number of thiazole rings is 1. The molecule has 4 aromatic rings. The van der Waals surface area contributed by atoms with Crippen LogP contribution in [0.2, 0.25) is 0 Å². The minimum atomic E-state index is -0.870. The molecule has 11 heteroatoms. The Morgan fingerprint density at radius 1 is 1.00 bits per heavy atom. The summed E-state index contributed by atoms with van der Waals surface area (Å²) < 4.78 is 0. The van der Waals surface area contributed by atoms with Gasteiger partial charge in [-0.25, -0.2) is 0 Å². The first kappa shape index (κ1) is 30.9. The lowest BCUT2D eigenvalue weighted by atomic mass is 9.93. The van der Waals surface area contributed by atoms with Gasteiger partial charge < -0.3 is 20.2 Å². The molecule has 0 radical (unpaired) electrons. The number of amides is 3. The van der Waals surface area contributed by atoms with Gasteiger partial charge in [-0.2, -0.15) is 5.11 Å². The Balaban J connectivity index is 1.13. The van der Waals surface area contributed by atoms with Crippen LogP contribution in [0.15, 0.2) is 82.6 Å². The summed E-state index contributed by atoms with van der Waals surface area (Å²) in [4.78, 5) is 49.6. The molecule has 0 bridgehead atoms. The van der Waals surface area contributed by atoms with Crippen molar-refractivity contribution in [2.24, 2.45) is 16.1 Å². The lowest BCUT2D eigenvalue weighted by molar-refractivity contribution is -0.143. The summed E-state index contributed by atoms with van der Waals surface area (Å²) >= 11 is 1.56. The van der Waals surface area contributed by atoms with E-state index in [0.29, 0.717) is 12.1 Å². The monoisotopic (exact) mass is 648 g/mol. The molecular formula is C36H36N6O4S. The minimum Gasteiger partial charge on any atom is -0.391 e. The van der Waals surface area contributed by atoms with Crippen LogP contribution in [0.5, 0.6) is 0 Å². The summed E-state index contributed by atoms with van der Waals surface area (Å²) in [5.41, 5.74) is 8.85. The zero-order valence-electron chi connectivity index (χ0n) is 26.3. The third kappa shape index (κ3) is 5.85. The summed E-state index contributed by atoms with van der Waals surface area (Å²) in [6, 6.07) is 17.7. The van der Waals surface area contributed by atoms with Gasteiger partial charge in [-0.05, 0) is 58.7 Å². The molecule has 2 N–H and O–H groups in total. The van der Waals surface area contributed by atoms with E-state index in [9.17, 15) is 19.5 Å². The van der Waals surface area contributed by atoms with Crippen LogP contribution >= 0.6 is 11.3 Å². The van der Waals surface area contributed by atoms with Crippen molar-refractivity contribution in [2.45, 2.75) is 64.4 Å². The number of hydrogen-bond acceptors (Lipinski definition) is 8. The van der Waals surface area contributed by atoms with Gasteiger partial charge >= 0.3 is 0 Å². The maximum Gasteiger partial charge on any atom is 0.255 e. The second kappa shape index (κ2) is 12.8. The SMILES string of the molecule is CC(C)[C@@H](C(=O)N1CC(O)C[C@H]1C(=O)NCc1ccc(-c2cncs2)c2c1N=Nc1ccccc1CC2)N1Cc2ccccc2C1=O. The average molecular weight is 649 g/mol. The maximum absolute atomic E-state index is 14.1. The number of aryl methyl sites for hydroxylation is 1. The topological polar surface area (TPSA) is 128 Å². The Bertz CT molecular complexity index is 1870. The van der Waals surface area contributed by atoms with Crippen LogP contribution in [0.1, 0.15) is 52.9 Å². The highest BCUT2D eigenvalue weighted by Gasteiger charge is 2.45. The summed E-state index contributed by atoms with van der Waals surface area (Å²) in [7, 11) is 0. The van der Waals surface area contributed by atoms with Crippen molar-refractivity contribution >= 4 is 40.4 Å². The first-order chi connectivity index (χ1) is 22.8. The summed E-state index contributed by atoms with van der Waals surface area (Å²) in [6.07, 6.45) is 2.66. The van der Waals surface area contributed by atoms with Crippen LogP contribution in [0.3, 0.4) is 0 Å². The average Bonchev–Trinajstić information content (AvgIpc) is 3.81. The Hall–Kier alpha value is -4.74. The van der Waals surface area contributed by atoms with Gasteiger partial charge in [0.2, 0.25) is 11.8 Å². The molecule has 1 saturated heterocycles. The predicted octanol–water partition coefficient (Wildman–Crippen LogP) is 5.58. The number of β-amino-alcohol motifs (C(OH)–C–C–N with tert-alkyl or cyclic N) is 1. The third-order valence-electron chi connectivity index (χ3n) is 9.35. The molecule has 1 fully saturated rings. The lowest BCUT2D eigenvalue weighted by Gasteiger charge is -2.35. The molecule has 10 nitrogen and oxygen atoms in total. The molecule has 1 unspecified atom stereocenters. The number of nitrogens with one attached hydrogen (secondary N) is 1. The third-order valence-corrected chi connectivity index (χ3v) is 10.2. The highest BCUT2D eigenvalue weighted by Crippen LogP contribution is 2.40. The normalized spacial score (nSPS) is 19.2. The number of rotatable bonds is 7. The number of hydrogen-bond donors (Lipinski definition) is 2. The zero-order valence-corrected chi connectivity index (χ0v) is 27.1. The van der Waals surface area contributed by atoms with Gasteiger partial charge in [-0.1, -0.05) is 62.4 Å². The van der Waals surface area contributed by atoms with Crippen LogP contribution < -0.4 is 5.32 Å². The smallest absolute Gasteiger partial charge is 0.255 e. The molecule has 240 valence electrons. The Labute approximate surface area is 277 Å². The van der Waals surface area contributed by atoms with Gasteiger partial charge in [0.15, 0.2) is 0 Å². The summed E-state index contributed by atoms with van der Waals surface area (Å²) in [5.74, 6) is -1.08.